The number of carbonyl (C=O) groups excluding carboxylic acids is 1. The van der Waals surface area contributed by atoms with E-state index in [1.165, 1.54) is 0 Å². The second-order valence-corrected chi connectivity index (χ2v) is 5.53. The quantitative estimate of drug-likeness (QED) is 0.894. The standard InChI is InChI=1S/C9H18N2O2.C6H4Cl2/c1-2-9(12)11-6-8-5-10-3-4-13-7-8;7-5-3-1-2-4-6(5)8/h8,10H,2-7H2,1H3,(H,11,12);1-4H. The third kappa shape index (κ3) is 8.27. The van der Waals surface area contributed by atoms with Crippen LogP contribution in [0, 0.1) is 5.92 Å². The molecular formula is C15H22Cl2N2O2. The number of halogens is 2. The molecule has 1 aromatic rings. The Balaban J connectivity index is 0.000000235. The average Bonchev–Trinajstić information content (AvgIpc) is 2.77. The highest BCUT2D eigenvalue weighted by Gasteiger charge is 2.12. The Labute approximate surface area is 136 Å². The first-order valence-corrected chi connectivity index (χ1v) is 7.84. The highest BCUT2D eigenvalue weighted by atomic mass is 35.5. The predicted molar refractivity (Wildman–Crippen MR) is 86.9 cm³/mol. The van der Waals surface area contributed by atoms with E-state index in [2.05, 4.69) is 10.6 Å². The molecule has 6 heteroatoms. The van der Waals surface area contributed by atoms with Gasteiger partial charge in [0.25, 0.3) is 0 Å². The van der Waals surface area contributed by atoms with Crippen LogP contribution in [-0.4, -0.2) is 38.8 Å². The van der Waals surface area contributed by atoms with Gasteiger partial charge in [0, 0.05) is 32.0 Å². The maximum Gasteiger partial charge on any atom is 0.219 e. The van der Waals surface area contributed by atoms with Gasteiger partial charge in [-0.3, -0.25) is 4.79 Å². The van der Waals surface area contributed by atoms with Gasteiger partial charge in [0.05, 0.1) is 23.3 Å². The fourth-order valence-corrected chi connectivity index (χ4v) is 1.98. The van der Waals surface area contributed by atoms with E-state index >= 15 is 0 Å². The number of carbonyl (C=O) groups is 1. The predicted octanol–water partition coefficient (Wildman–Crippen LogP) is 2.74. The van der Waals surface area contributed by atoms with Crippen molar-refractivity contribution in [3.63, 3.8) is 0 Å². The summed E-state index contributed by atoms with van der Waals surface area (Å²) in [5, 5.41) is 7.35. The molecule has 1 fully saturated rings. The van der Waals surface area contributed by atoms with E-state index in [-0.39, 0.29) is 5.91 Å². The van der Waals surface area contributed by atoms with Gasteiger partial charge < -0.3 is 15.4 Å². The highest BCUT2D eigenvalue weighted by molar-refractivity contribution is 6.41. The van der Waals surface area contributed by atoms with E-state index < -0.39 is 0 Å². The summed E-state index contributed by atoms with van der Waals surface area (Å²) in [6.45, 7) is 5.95. The Hall–Kier alpha value is -0.810. The molecule has 2 rings (SSSR count). The van der Waals surface area contributed by atoms with Crippen molar-refractivity contribution in [1.29, 1.82) is 0 Å². The van der Waals surface area contributed by atoms with Crippen LogP contribution in [0.3, 0.4) is 0 Å². The Morgan fingerprint density at radius 3 is 2.62 bits per heavy atom. The van der Waals surface area contributed by atoms with E-state index in [4.69, 9.17) is 27.9 Å². The first kappa shape index (κ1) is 18.2. The summed E-state index contributed by atoms with van der Waals surface area (Å²) in [4.78, 5) is 11.0. The topological polar surface area (TPSA) is 50.4 Å². The van der Waals surface area contributed by atoms with Gasteiger partial charge in [-0.1, -0.05) is 42.3 Å². The molecule has 2 N–H and O–H groups in total. The molecule has 1 unspecified atom stereocenters. The van der Waals surface area contributed by atoms with Crippen molar-refractivity contribution in [3.05, 3.63) is 34.3 Å². The van der Waals surface area contributed by atoms with Gasteiger partial charge in [-0.2, -0.15) is 0 Å². The third-order valence-corrected chi connectivity index (χ3v) is 3.70. The molecule has 0 radical (unpaired) electrons. The number of amides is 1. The van der Waals surface area contributed by atoms with Crippen molar-refractivity contribution in [3.8, 4) is 0 Å². The van der Waals surface area contributed by atoms with Crippen LogP contribution in [0.5, 0.6) is 0 Å². The lowest BCUT2D eigenvalue weighted by Crippen LogP contribution is -2.34. The van der Waals surface area contributed by atoms with Gasteiger partial charge in [-0.05, 0) is 12.1 Å². The van der Waals surface area contributed by atoms with Gasteiger partial charge in [0.15, 0.2) is 0 Å². The van der Waals surface area contributed by atoms with Crippen molar-refractivity contribution in [2.45, 2.75) is 13.3 Å². The summed E-state index contributed by atoms with van der Waals surface area (Å²) >= 11 is 11.2. The largest absolute Gasteiger partial charge is 0.380 e. The van der Waals surface area contributed by atoms with Crippen LogP contribution >= 0.6 is 23.2 Å². The van der Waals surface area contributed by atoms with E-state index in [0.29, 0.717) is 22.4 Å². The van der Waals surface area contributed by atoms with Crippen LogP contribution in [0.2, 0.25) is 10.0 Å². The van der Waals surface area contributed by atoms with E-state index in [0.717, 1.165) is 32.8 Å². The molecule has 0 aliphatic carbocycles. The molecule has 1 aliphatic heterocycles. The molecule has 1 aliphatic rings. The number of ether oxygens (including phenoxy) is 1. The lowest BCUT2D eigenvalue weighted by atomic mass is 10.1. The molecule has 0 aromatic heterocycles. The van der Waals surface area contributed by atoms with Gasteiger partial charge in [0.2, 0.25) is 5.91 Å². The summed E-state index contributed by atoms with van der Waals surface area (Å²) in [6, 6.07) is 7.19. The summed E-state index contributed by atoms with van der Waals surface area (Å²) < 4.78 is 5.36. The lowest BCUT2D eigenvalue weighted by molar-refractivity contribution is -0.121. The first-order chi connectivity index (χ1) is 10.1. The molecule has 0 bridgehead atoms. The summed E-state index contributed by atoms with van der Waals surface area (Å²) in [7, 11) is 0. The summed E-state index contributed by atoms with van der Waals surface area (Å²) in [6.07, 6.45) is 0.557. The minimum atomic E-state index is 0.115. The van der Waals surface area contributed by atoms with Crippen molar-refractivity contribution in [1.82, 2.24) is 10.6 Å². The number of nitrogens with one attached hydrogen (secondary N) is 2. The second-order valence-electron chi connectivity index (χ2n) is 4.72. The number of hydrogen-bond acceptors (Lipinski definition) is 3. The van der Waals surface area contributed by atoms with Crippen LogP contribution in [0.1, 0.15) is 13.3 Å². The Morgan fingerprint density at radius 1 is 1.38 bits per heavy atom. The van der Waals surface area contributed by atoms with Crippen LogP contribution in [0.4, 0.5) is 0 Å². The smallest absolute Gasteiger partial charge is 0.219 e. The molecule has 1 saturated heterocycles. The molecular weight excluding hydrogens is 311 g/mol. The number of rotatable bonds is 3. The van der Waals surface area contributed by atoms with E-state index in [9.17, 15) is 4.79 Å². The lowest BCUT2D eigenvalue weighted by Gasteiger charge is -2.13. The van der Waals surface area contributed by atoms with E-state index in [1.807, 2.05) is 19.1 Å². The van der Waals surface area contributed by atoms with Crippen molar-refractivity contribution in [2.75, 3.05) is 32.8 Å². The Morgan fingerprint density at radius 2 is 2.05 bits per heavy atom. The molecule has 1 aromatic carbocycles. The normalized spacial score (nSPS) is 18.1. The van der Waals surface area contributed by atoms with Crippen LogP contribution in [-0.2, 0) is 9.53 Å². The van der Waals surface area contributed by atoms with E-state index in [1.54, 1.807) is 12.1 Å². The summed E-state index contributed by atoms with van der Waals surface area (Å²) in [5.41, 5.74) is 0. The third-order valence-electron chi connectivity index (χ3n) is 2.94. The zero-order valence-electron chi connectivity index (χ0n) is 12.2. The molecule has 118 valence electrons. The molecule has 1 atom stereocenters. The monoisotopic (exact) mass is 332 g/mol. The molecule has 1 amide bonds. The van der Waals surface area contributed by atoms with Gasteiger partial charge in [-0.25, -0.2) is 0 Å². The second kappa shape index (κ2) is 10.9. The summed E-state index contributed by atoms with van der Waals surface area (Å²) in [5.74, 6) is 0.530. The number of benzene rings is 1. The van der Waals surface area contributed by atoms with Crippen LogP contribution < -0.4 is 10.6 Å². The average molecular weight is 333 g/mol. The van der Waals surface area contributed by atoms with Gasteiger partial charge >= 0.3 is 0 Å². The minimum Gasteiger partial charge on any atom is -0.380 e. The van der Waals surface area contributed by atoms with Crippen LogP contribution in [0.15, 0.2) is 24.3 Å². The maximum atomic E-state index is 11.0. The minimum absolute atomic E-state index is 0.115. The number of hydrogen-bond donors (Lipinski definition) is 2. The van der Waals surface area contributed by atoms with Crippen molar-refractivity contribution >= 4 is 29.1 Å². The molecule has 4 nitrogen and oxygen atoms in total. The molecule has 21 heavy (non-hydrogen) atoms. The highest BCUT2D eigenvalue weighted by Crippen LogP contribution is 2.19. The van der Waals surface area contributed by atoms with Crippen LogP contribution in [0.25, 0.3) is 0 Å². The molecule has 1 heterocycles. The fourth-order valence-electron chi connectivity index (χ4n) is 1.71. The maximum absolute atomic E-state index is 11.0. The Bertz CT molecular complexity index is 401. The van der Waals surface area contributed by atoms with Gasteiger partial charge in [0.1, 0.15) is 0 Å². The zero-order chi connectivity index (χ0) is 15.5. The first-order valence-electron chi connectivity index (χ1n) is 7.08. The van der Waals surface area contributed by atoms with Gasteiger partial charge in [-0.15, -0.1) is 0 Å². The Kier molecular flexibility index (Phi) is 9.42. The molecule has 0 saturated carbocycles. The SMILES string of the molecule is CCC(=O)NCC1CNCCOC1.Clc1ccccc1Cl. The zero-order valence-corrected chi connectivity index (χ0v) is 13.7. The van der Waals surface area contributed by atoms with Crippen molar-refractivity contribution < 1.29 is 9.53 Å². The fraction of sp³-hybridized carbons (Fsp3) is 0.533. The molecule has 0 spiro atoms. The van der Waals surface area contributed by atoms with Crippen molar-refractivity contribution in [2.24, 2.45) is 5.92 Å².